The number of benzene rings is 2. The van der Waals surface area contributed by atoms with E-state index in [1.54, 1.807) is 25.3 Å². The van der Waals surface area contributed by atoms with Crippen molar-refractivity contribution in [2.24, 2.45) is 0 Å². The van der Waals surface area contributed by atoms with Gasteiger partial charge in [0.05, 0.1) is 36.4 Å². The Hall–Kier alpha value is -3.20. The van der Waals surface area contributed by atoms with Gasteiger partial charge in [0.25, 0.3) is 0 Å². The maximum Gasteiger partial charge on any atom is 0.387 e. The fraction of sp³-hybridized carbons (Fsp3) is 0.238. The molecular weight excluding hydrogens is 410 g/mol. The van der Waals surface area contributed by atoms with E-state index in [0.29, 0.717) is 12.2 Å². The van der Waals surface area contributed by atoms with Gasteiger partial charge in [0.1, 0.15) is 11.5 Å². The number of para-hydroxylation sites is 2. The van der Waals surface area contributed by atoms with Crippen LogP contribution in [0.3, 0.4) is 0 Å². The summed E-state index contributed by atoms with van der Waals surface area (Å²) < 4.78 is 36.9. The van der Waals surface area contributed by atoms with Crippen LogP contribution in [0.1, 0.15) is 17.0 Å². The molecule has 0 saturated heterocycles. The van der Waals surface area contributed by atoms with Gasteiger partial charge in [-0.1, -0.05) is 24.3 Å². The van der Waals surface area contributed by atoms with E-state index in [9.17, 15) is 8.78 Å². The SMILES string of the molecule is COc1cccc(Cn2nc(C)c(NC(=S)Nc3ccccc3OC(F)F)c2C)c1. The van der Waals surface area contributed by atoms with Gasteiger partial charge >= 0.3 is 6.61 Å². The Kier molecular flexibility index (Phi) is 6.83. The summed E-state index contributed by atoms with van der Waals surface area (Å²) in [5.41, 5.74) is 3.79. The lowest BCUT2D eigenvalue weighted by atomic mass is 10.2. The molecule has 0 atom stereocenters. The number of rotatable bonds is 7. The van der Waals surface area contributed by atoms with Gasteiger partial charge in [-0.05, 0) is 55.9 Å². The molecule has 0 radical (unpaired) electrons. The van der Waals surface area contributed by atoms with Gasteiger partial charge in [-0.25, -0.2) is 0 Å². The van der Waals surface area contributed by atoms with Gasteiger partial charge in [0.2, 0.25) is 0 Å². The van der Waals surface area contributed by atoms with E-state index in [1.165, 1.54) is 6.07 Å². The Morgan fingerprint density at radius 3 is 2.63 bits per heavy atom. The Morgan fingerprint density at radius 2 is 1.90 bits per heavy atom. The van der Waals surface area contributed by atoms with Crippen LogP contribution in [0.4, 0.5) is 20.2 Å². The molecule has 3 rings (SSSR count). The number of halogens is 2. The number of ether oxygens (including phenoxy) is 2. The van der Waals surface area contributed by atoms with Gasteiger partial charge in [0, 0.05) is 0 Å². The lowest BCUT2D eigenvalue weighted by Gasteiger charge is -2.14. The highest BCUT2D eigenvalue weighted by Gasteiger charge is 2.15. The van der Waals surface area contributed by atoms with E-state index in [4.69, 9.17) is 17.0 Å². The van der Waals surface area contributed by atoms with Crippen molar-refractivity contribution in [3.8, 4) is 11.5 Å². The molecule has 0 aliphatic carbocycles. The number of anilines is 2. The highest BCUT2D eigenvalue weighted by atomic mass is 32.1. The predicted octanol–water partition coefficient (Wildman–Crippen LogP) is 4.97. The van der Waals surface area contributed by atoms with E-state index in [1.807, 2.05) is 42.8 Å². The van der Waals surface area contributed by atoms with Gasteiger partial charge in [-0.3, -0.25) is 4.68 Å². The van der Waals surface area contributed by atoms with Crippen molar-refractivity contribution >= 4 is 28.7 Å². The Labute approximate surface area is 178 Å². The number of hydrogen-bond acceptors (Lipinski definition) is 4. The molecule has 158 valence electrons. The summed E-state index contributed by atoms with van der Waals surface area (Å²) in [6.07, 6.45) is 0. The largest absolute Gasteiger partial charge is 0.497 e. The zero-order valence-corrected chi connectivity index (χ0v) is 17.6. The predicted molar refractivity (Wildman–Crippen MR) is 117 cm³/mol. The molecule has 6 nitrogen and oxygen atoms in total. The number of nitrogens with one attached hydrogen (secondary N) is 2. The van der Waals surface area contributed by atoms with Crippen LogP contribution in [-0.4, -0.2) is 28.6 Å². The third-order valence-corrected chi connectivity index (χ3v) is 4.64. The lowest BCUT2D eigenvalue weighted by molar-refractivity contribution is -0.0493. The number of alkyl halides is 2. The van der Waals surface area contributed by atoms with Crippen molar-refractivity contribution in [1.82, 2.24) is 9.78 Å². The number of nitrogens with zero attached hydrogens (tertiary/aromatic N) is 2. The molecule has 0 fully saturated rings. The first-order valence-corrected chi connectivity index (χ1v) is 9.57. The minimum atomic E-state index is -2.92. The first-order valence-electron chi connectivity index (χ1n) is 9.16. The zero-order chi connectivity index (χ0) is 21.7. The van der Waals surface area contributed by atoms with Crippen LogP contribution in [0, 0.1) is 13.8 Å². The van der Waals surface area contributed by atoms with Crippen LogP contribution in [0.15, 0.2) is 48.5 Å². The van der Waals surface area contributed by atoms with E-state index in [2.05, 4.69) is 20.5 Å². The number of hydrogen-bond donors (Lipinski definition) is 2. The normalized spacial score (nSPS) is 10.7. The molecule has 2 aromatic carbocycles. The van der Waals surface area contributed by atoms with E-state index in [0.717, 1.165) is 28.4 Å². The molecule has 0 aliphatic heterocycles. The molecular formula is C21H22F2N4O2S. The molecule has 1 heterocycles. The molecule has 0 bridgehead atoms. The van der Waals surface area contributed by atoms with Crippen LogP contribution in [0.25, 0.3) is 0 Å². The summed E-state index contributed by atoms with van der Waals surface area (Å²) in [5, 5.41) is 10.8. The van der Waals surface area contributed by atoms with Crippen LogP contribution in [0.5, 0.6) is 11.5 Å². The number of thiocarbonyl (C=S) groups is 1. The summed E-state index contributed by atoms with van der Waals surface area (Å²) in [6, 6.07) is 14.1. The smallest absolute Gasteiger partial charge is 0.387 e. The molecule has 0 amide bonds. The molecule has 9 heteroatoms. The summed E-state index contributed by atoms with van der Waals surface area (Å²) >= 11 is 5.36. The molecule has 0 saturated carbocycles. The summed E-state index contributed by atoms with van der Waals surface area (Å²) in [4.78, 5) is 0. The summed E-state index contributed by atoms with van der Waals surface area (Å²) in [7, 11) is 1.63. The third kappa shape index (κ3) is 5.24. The fourth-order valence-electron chi connectivity index (χ4n) is 3.01. The molecule has 0 spiro atoms. The van der Waals surface area contributed by atoms with Crippen molar-refractivity contribution < 1.29 is 18.3 Å². The van der Waals surface area contributed by atoms with Crippen molar-refractivity contribution in [3.05, 3.63) is 65.5 Å². The lowest BCUT2D eigenvalue weighted by Crippen LogP contribution is -2.20. The minimum Gasteiger partial charge on any atom is -0.497 e. The topological polar surface area (TPSA) is 60.3 Å². The van der Waals surface area contributed by atoms with Crippen molar-refractivity contribution in [1.29, 1.82) is 0 Å². The third-order valence-electron chi connectivity index (χ3n) is 4.44. The second-order valence-electron chi connectivity index (χ2n) is 6.51. The molecule has 0 unspecified atom stereocenters. The molecule has 3 aromatic rings. The van der Waals surface area contributed by atoms with Crippen LogP contribution in [-0.2, 0) is 6.54 Å². The van der Waals surface area contributed by atoms with Crippen molar-refractivity contribution in [3.63, 3.8) is 0 Å². The monoisotopic (exact) mass is 432 g/mol. The number of methoxy groups -OCH3 is 1. The molecule has 0 aliphatic rings. The average Bonchev–Trinajstić information content (AvgIpc) is 2.96. The van der Waals surface area contributed by atoms with Crippen LogP contribution < -0.4 is 20.1 Å². The Balaban J connectivity index is 1.74. The second kappa shape index (κ2) is 9.53. The Morgan fingerprint density at radius 1 is 1.13 bits per heavy atom. The maximum atomic E-state index is 12.6. The van der Waals surface area contributed by atoms with Crippen molar-refractivity contribution in [2.75, 3.05) is 17.7 Å². The van der Waals surface area contributed by atoms with E-state index < -0.39 is 6.61 Å². The van der Waals surface area contributed by atoms with E-state index in [-0.39, 0.29) is 10.9 Å². The van der Waals surface area contributed by atoms with E-state index >= 15 is 0 Å². The molecule has 2 N–H and O–H groups in total. The maximum absolute atomic E-state index is 12.6. The highest BCUT2D eigenvalue weighted by Crippen LogP contribution is 2.27. The van der Waals surface area contributed by atoms with Crippen molar-refractivity contribution in [2.45, 2.75) is 27.0 Å². The first-order chi connectivity index (χ1) is 14.4. The fourth-order valence-corrected chi connectivity index (χ4v) is 3.22. The van der Waals surface area contributed by atoms with Gasteiger partial charge < -0.3 is 20.1 Å². The summed E-state index contributed by atoms with van der Waals surface area (Å²) in [5.74, 6) is 0.793. The Bertz CT molecular complexity index is 1040. The second-order valence-corrected chi connectivity index (χ2v) is 6.92. The molecule has 30 heavy (non-hydrogen) atoms. The minimum absolute atomic E-state index is 0.0128. The standard InChI is InChI=1S/C21H22F2N4O2S/c1-13-19(14(2)27(26-13)12-15-7-6-8-16(11-15)28-3)25-21(30)24-17-9-4-5-10-18(17)29-20(22)23/h4-11,20H,12H2,1-3H3,(H2,24,25,30). The average molecular weight is 432 g/mol. The van der Waals surface area contributed by atoms with Gasteiger partial charge in [0.15, 0.2) is 5.11 Å². The van der Waals surface area contributed by atoms with Gasteiger partial charge in [-0.15, -0.1) is 0 Å². The quantitative estimate of drug-likeness (QED) is 0.514. The number of aryl methyl sites for hydroxylation is 1. The van der Waals surface area contributed by atoms with Crippen LogP contribution in [0.2, 0.25) is 0 Å². The first kappa shape index (κ1) is 21.5. The molecule has 1 aromatic heterocycles. The van der Waals surface area contributed by atoms with Gasteiger partial charge in [-0.2, -0.15) is 13.9 Å². The zero-order valence-electron chi connectivity index (χ0n) is 16.8. The van der Waals surface area contributed by atoms with Crippen LogP contribution >= 0.6 is 12.2 Å². The number of aromatic nitrogens is 2. The highest BCUT2D eigenvalue weighted by molar-refractivity contribution is 7.80. The summed E-state index contributed by atoms with van der Waals surface area (Å²) in [6.45, 7) is 1.44.